The van der Waals surface area contributed by atoms with Gasteiger partial charge in [-0.15, -0.1) is 0 Å². The monoisotopic (exact) mass is 280 g/mol. The van der Waals surface area contributed by atoms with Gasteiger partial charge < -0.3 is 25.2 Å². The van der Waals surface area contributed by atoms with E-state index >= 15 is 0 Å². The Bertz CT molecular complexity index is 525. The number of para-hydroxylation sites is 1. The number of hydrogen-bond acceptors (Lipinski definition) is 4. The van der Waals surface area contributed by atoms with Gasteiger partial charge in [0, 0.05) is 13.7 Å². The molecule has 0 spiro atoms. The molecule has 0 aromatic heterocycles. The van der Waals surface area contributed by atoms with Crippen LogP contribution in [0.15, 0.2) is 18.2 Å². The highest BCUT2D eigenvalue weighted by atomic mass is 16.5. The molecule has 1 aromatic carbocycles. The van der Waals surface area contributed by atoms with Crippen LogP contribution in [-0.2, 0) is 4.74 Å². The smallest absolute Gasteiger partial charge is 0.339 e. The number of urea groups is 1. The number of ether oxygens (including phenoxy) is 1. The number of hydrogen-bond donors (Lipinski definition) is 3. The van der Waals surface area contributed by atoms with E-state index in [1.807, 2.05) is 0 Å². The summed E-state index contributed by atoms with van der Waals surface area (Å²) in [7, 11) is 1.63. The second-order valence-corrected chi connectivity index (χ2v) is 4.57. The van der Waals surface area contributed by atoms with Crippen molar-refractivity contribution >= 4 is 17.7 Å². The van der Waals surface area contributed by atoms with Crippen molar-refractivity contribution in [2.45, 2.75) is 12.5 Å². The maximum Gasteiger partial charge on any atom is 0.339 e. The number of aromatic carboxylic acids is 1. The molecule has 0 aliphatic carbocycles. The number of carbonyl (C=O) groups excluding carboxylic acids is 1. The number of nitrogens with zero attached hydrogens (tertiary/aromatic N) is 1. The van der Waals surface area contributed by atoms with Crippen molar-refractivity contribution in [1.82, 2.24) is 4.90 Å². The molecule has 0 saturated carbocycles. The number of amides is 2. The molecule has 1 aliphatic heterocycles. The van der Waals surface area contributed by atoms with E-state index in [9.17, 15) is 14.7 Å². The third kappa shape index (κ3) is 2.83. The van der Waals surface area contributed by atoms with Gasteiger partial charge in [0.1, 0.15) is 5.56 Å². The summed E-state index contributed by atoms with van der Waals surface area (Å²) in [5.74, 6) is -1.71. The number of anilines is 1. The number of nitrogens with one attached hydrogen (secondary N) is 1. The van der Waals surface area contributed by atoms with Crippen LogP contribution in [0.2, 0.25) is 0 Å². The first-order chi connectivity index (χ1) is 9.50. The zero-order valence-electron chi connectivity index (χ0n) is 11.0. The van der Waals surface area contributed by atoms with Crippen molar-refractivity contribution < 1.29 is 24.5 Å². The summed E-state index contributed by atoms with van der Waals surface area (Å²) in [5.41, 5.74) is -0.185. The Balaban J connectivity index is 2.11. The van der Waals surface area contributed by atoms with Crippen molar-refractivity contribution in [3.63, 3.8) is 0 Å². The normalized spacial score (nSPS) is 17.8. The average molecular weight is 280 g/mol. The zero-order chi connectivity index (χ0) is 14.7. The fourth-order valence-corrected chi connectivity index (χ4v) is 2.01. The number of aromatic hydroxyl groups is 1. The Labute approximate surface area is 115 Å². The fourth-order valence-electron chi connectivity index (χ4n) is 2.01. The predicted molar refractivity (Wildman–Crippen MR) is 71.1 cm³/mol. The Hall–Kier alpha value is -2.28. The molecule has 0 radical (unpaired) electrons. The van der Waals surface area contributed by atoms with Crippen LogP contribution >= 0.6 is 0 Å². The summed E-state index contributed by atoms with van der Waals surface area (Å²) in [6.45, 7) is 1.09. The van der Waals surface area contributed by atoms with Gasteiger partial charge in [-0.25, -0.2) is 9.59 Å². The van der Waals surface area contributed by atoms with Gasteiger partial charge in [0.2, 0.25) is 0 Å². The summed E-state index contributed by atoms with van der Waals surface area (Å²) in [4.78, 5) is 24.4. The van der Waals surface area contributed by atoms with Gasteiger partial charge in [-0.05, 0) is 18.6 Å². The first kappa shape index (κ1) is 14.1. The van der Waals surface area contributed by atoms with Gasteiger partial charge in [0.25, 0.3) is 0 Å². The number of likely N-dealkylation sites (N-methyl/N-ethyl adjacent to an activating group) is 1. The number of rotatable bonds is 3. The Morgan fingerprint density at radius 1 is 1.45 bits per heavy atom. The summed E-state index contributed by atoms with van der Waals surface area (Å²) < 4.78 is 5.20. The molecule has 7 heteroatoms. The van der Waals surface area contributed by atoms with Crippen LogP contribution in [0, 0.1) is 0 Å². The van der Waals surface area contributed by atoms with Gasteiger partial charge in [-0.2, -0.15) is 0 Å². The van der Waals surface area contributed by atoms with E-state index < -0.39 is 17.7 Å². The largest absolute Gasteiger partial charge is 0.505 e. The first-order valence-corrected chi connectivity index (χ1v) is 6.17. The number of phenols is 1. The lowest BCUT2D eigenvalue weighted by atomic mass is 10.1. The van der Waals surface area contributed by atoms with E-state index in [1.165, 1.54) is 23.1 Å². The lowest BCUT2D eigenvalue weighted by molar-refractivity contribution is 0.0693. The van der Waals surface area contributed by atoms with Crippen molar-refractivity contribution in [1.29, 1.82) is 0 Å². The summed E-state index contributed by atoms with van der Waals surface area (Å²) in [6.07, 6.45) is 0.755. The summed E-state index contributed by atoms with van der Waals surface area (Å²) in [6, 6.07) is 3.73. The highest BCUT2D eigenvalue weighted by Crippen LogP contribution is 2.27. The second-order valence-electron chi connectivity index (χ2n) is 4.57. The molecule has 108 valence electrons. The summed E-state index contributed by atoms with van der Waals surface area (Å²) >= 11 is 0. The van der Waals surface area contributed by atoms with E-state index in [0.29, 0.717) is 13.2 Å². The van der Waals surface area contributed by atoms with Gasteiger partial charge in [-0.1, -0.05) is 6.07 Å². The molecule has 1 aromatic rings. The average Bonchev–Trinajstić information content (AvgIpc) is 2.93. The van der Waals surface area contributed by atoms with Crippen molar-refractivity contribution in [3.8, 4) is 5.75 Å². The SMILES string of the molecule is CN(C(=O)Nc1cccc(C(=O)O)c1O)C1CCOC1. The molecule has 1 aliphatic rings. The van der Waals surface area contributed by atoms with Crippen molar-refractivity contribution in [2.24, 2.45) is 0 Å². The minimum Gasteiger partial charge on any atom is -0.505 e. The van der Waals surface area contributed by atoms with E-state index in [-0.39, 0.29) is 17.3 Å². The fraction of sp³-hybridized carbons (Fsp3) is 0.385. The Morgan fingerprint density at radius 3 is 2.80 bits per heavy atom. The molecule has 2 rings (SSSR count). The molecule has 1 unspecified atom stereocenters. The van der Waals surface area contributed by atoms with Crippen LogP contribution in [0.1, 0.15) is 16.8 Å². The minimum atomic E-state index is -1.25. The first-order valence-electron chi connectivity index (χ1n) is 6.17. The van der Waals surface area contributed by atoms with E-state index in [2.05, 4.69) is 5.32 Å². The molecule has 7 nitrogen and oxygen atoms in total. The van der Waals surface area contributed by atoms with Crippen LogP contribution in [0.25, 0.3) is 0 Å². The molecule has 3 N–H and O–H groups in total. The van der Waals surface area contributed by atoms with Crippen molar-refractivity contribution in [3.05, 3.63) is 23.8 Å². The third-order valence-electron chi connectivity index (χ3n) is 3.28. The molecule has 0 bridgehead atoms. The molecule has 1 saturated heterocycles. The van der Waals surface area contributed by atoms with Crippen molar-refractivity contribution in [2.75, 3.05) is 25.6 Å². The van der Waals surface area contributed by atoms with Crippen LogP contribution in [-0.4, -0.2) is 53.4 Å². The Kier molecular flexibility index (Phi) is 4.09. The third-order valence-corrected chi connectivity index (χ3v) is 3.28. The quantitative estimate of drug-likeness (QED) is 0.726. The maximum absolute atomic E-state index is 12.0. The van der Waals surface area contributed by atoms with Gasteiger partial charge in [0.05, 0.1) is 18.3 Å². The van der Waals surface area contributed by atoms with Gasteiger partial charge in [-0.3, -0.25) is 0 Å². The molecular formula is C13H16N2O5. The van der Waals surface area contributed by atoms with Gasteiger partial charge in [0.15, 0.2) is 5.75 Å². The van der Waals surface area contributed by atoms with Crippen LogP contribution in [0.5, 0.6) is 5.75 Å². The topological polar surface area (TPSA) is 99.1 Å². The standard InChI is InChI=1S/C13H16N2O5/c1-15(8-5-6-20-7-8)13(19)14-10-4-2-3-9(11(10)16)12(17)18/h2-4,8,16H,5-7H2,1H3,(H,14,19)(H,17,18). The maximum atomic E-state index is 12.0. The molecule has 2 amide bonds. The highest BCUT2D eigenvalue weighted by molar-refractivity contribution is 5.97. The lowest BCUT2D eigenvalue weighted by Gasteiger charge is -2.23. The molecule has 20 heavy (non-hydrogen) atoms. The van der Waals surface area contributed by atoms with E-state index in [1.54, 1.807) is 7.05 Å². The predicted octanol–water partition coefficient (Wildman–Crippen LogP) is 1.34. The molecule has 1 fully saturated rings. The number of benzene rings is 1. The van der Waals surface area contributed by atoms with Gasteiger partial charge >= 0.3 is 12.0 Å². The number of carbonyl (C=O) groups is 2. The highest BCUT2D eigenvalue weighted by Gasteiger charge is 2.25. The molecule has 1 atom stereocenters. The number of carboxylic acid groups (broad SMARTS) is 1. The Morgan fingerprint density at radius 2 is 2.20 bits per heavy atom. The van der Waals surface area contributed by atoms with E-state index in [0.717, 1.165) is 6.42 Å². The molecular weight excluding hydrogens is 264 g/mol. The van der Waals surface area contributed by atoms with Crippen LogP contribution in [0.4, 0.5) is 10.5 Å². The van der Waals surface area contributed by atoms with Crippen LogP contribution in [0.3, 0.4) is 0 Å². The number of carboxylic acids is 1. The lowest BCUT2D eigenvalue weighted by Crippen LogP contribution is -2.40. The summed E-state index contributed by atoms with van der Waals surface area (Å²) in [5, 5.41) is 21.2. The minimum absolute atomic E-state index is 0.0141. The zero-order valence-corrected chi connectivity index (χ0v) is 11.0. The second kappa shape index (κ2) is 5.79. The molecule has 1 heterocycles. The van der Waals surface area contributed by atoms with Crippen LogP contribution < -0.4 is 5.32 Å². The van der Waals surface area contributed by atoms with E-state index in [4.69, 9.17) is 9.84 Å².